The van der Waals surface area contributed by atoms with Gasteiger partial charge in [0, 0.05) is 19.4 Å². The lowest BCUT2D eigenvalue weighted by Gasteiger charge is -2.17. The largest absolute Gasteiger partial charge is 0.480 e. The van der Waals surface area contributed by atoms with E-state index in [9.17, 15) is 13.6 Å². The van der Waals surface area contributed by atoms with Crippen LogP contribution in [0, 0.1) is 0 Å². The van der Waals surface area contributed by atoms with Gasteiger partial charge in [-0.15, -0.1) is 0 Å². The first kappa shape index (κ1) is 13.8. The van der Waals surface area contributed by atoms with Crippen LogP contribution >= 0.6 is 0 Å². The number of nitrogens with zero attached hydrogens (tertiary/aromatic N) is 1. The molecule has 0 spiro atoms. The first-order chi connectivity index (χ1) is 6.74. The minimum atomic E-state index is -3.13. The minimum Gasteiger partial charge on any atom is -0.480 e. The molecule has 88 valence electrons. The second-order valence-corrected chi connectivity index (χ2v) is 3.28. The third kappa shape index (κ3) is 6.78. The van der Waals surface area contributed by atoms with Crippen molar-refractivity contribution in [2.75, 3.05) is 6.54 Å². The van der Waals surface area contributed by atoms with Gasteiger partial charge in [0.1, 0.15) is 6.04 Å². The van der Waals surface area contributed by atoms with Gasteiger partial charge < -0.3 is 16.6 Å². The van der Waals surface area contributed by atoms with Gasteiger partial charge in [-0.3, -0.25) is 9.79 Å². The van der Waals surface area contributed by atoms with E-state index in [1.807, 2.05) is 0 Å². The Morgan fingerprint density at radius 3 is 2.53 bits per heavy atom. The van der Waals surface area contributed by atoms with E-state index in [0.29, 0.717) is 0 Å². The monoisotopic (exact) mass is 223 g/mol. The Bertz CT molecular complexity index is 252. The average molecular weight is 223 g/mol. The summed E-state index contributed by atoms with van der Waals surface area (Å²) in [6, 6.07) is -1.55. The van der Waals surface area contributed by atoms with Gasteiger partial charge in [-0.05, 0) is 6.92 Å². The van der Waals surface area contributed by atoms with Crippen molar-refractivity contribution >= 4 is 11.8 Å². The van der Waals surface area contributed by atoms with Gasteiger partial charge >= 0.3 is 5.97 Å². The molecule has 0 fully saturated rings. The summed E-state index contributed by atoms with van der Waals surface area (Å²) in [6.45, 7) is 1.35. The number of rotatable bonds is 6. The molecule has 0 aromatic carbocycles. The van der Waals surface area contributed by atoms with Crippen molar-refractivity contribution in [2.45, 2.75) is 31.7 Å². The molecule has 7 heteroatoms. The molecule has 0 aliphatic rings. The maximum Gasteiger partial charge on any atom is 0.320 e. The van der Waals surface area contributed by atoms with Crippen molar-refractivity contribution < 1.29 is 18.7 Å². The van der Waals surface area contributed by atoms with E-state index in [4.69, 9.17) is 16.6 Å². The van der Waals surface area contributed by atoms with Crippen molar-refractivity contribution in [3.8, 4) is 0 Å². The molecular weight excluding hydrogens is 208 g/mol. The molecule has 1 atom stereocenters. The molecule has 0 heterocycles. The zero-order valence-corrected chi connectivity index (χ0v) is 8.41. The van der Waals surface area contributed by atoms with E-state index in [0.717, 1.165) is 0 Å². The van der Waals surface area contributed by atoms with Gasteiger partial charge in [0.25, 0.3) is 5.92 Å². The molecule has 0 saturated heterocycles. The normalized spacial score (nSPS) is 15.1. The van der Waals surface area contributed by atoms with E-state index in [1.165, 1.54) is 6.92 Å². The molecule has 0 aliphatic heterocycles. The lowest BCUT2D eigenvalue weighted by atomic mass is 10.1. The molecule has 15 heavy (non-hydrogen) atoms. The van der Waals surface area contributed by atoms with E-state index < -0.39 is 30.8 Å². The Kier molecular flexibility index (Phi) is 5.13. The zero-order valence-electron chi connectivity index (χ0n) is 8.41. The van der Waals surface area contributed by atoms with Crippen LogP contribution < -0.4 is 11.5 Å². The highest BCUT2D eigenvalue weighted by Gasteiger charge is 2.33. The molecule has 0 unspecified atom stereocenters. The number of aliphatic carboxylic acids is 1. The summed E-state index contributed by atoms with van der Waals surface area (Å²) < 4.78 is 26.1. The minimum absolute atomic E-state index is 0.137. The number of carboxylic acids is 1. The number of alkyl halides is 2. The Morgan fingerprint density at radius 1 is 1.60 bits per heavy atom. The topological polar surface area (TPSA) is 102 Å². The first-order valence-electron chi connectivity index (χ1n) is 4.37. The first-order valence-corrected chi connectivity index (χ1v) is 4.37. The van der Waals surface area contributed by atoms with Crippen LogP contribution in [0.3, 0.4) is 0 Å². The fourth-order valence-corrected chi connectivity index (χ4v) is 0.907. The fraction of sp³-hybridized carbons (Fsp3) is 0.750. The molecule has 5 N–H and O–H groups in total. The molecule has 5 nitrogen and oxygen atoms in total. The average Bonchev–Trinajstić information content (AvgIpc) is 2.01. The molecule has 0 bridgehead atoms. The molecule has 0 saturated carbocycles. The number of nitrogens with two attached hydrogens (primary N) is 2. The van der Waals surface area contributed by atoms with Gasteiger partial charge in [0.2, 0.25) is 0 Å². The van der Waals surface area contributed by atoms with Gasteiger partial charge in [-0.2, -0.15) is 0 Å². The highest BCUT2D eigenvalue weighted by molar-refractivity contribution is 5.77. The van der Waals surface area contributed by atoms with Crippen LogP contribution in [0.5, 0.6) is 0 Å². The lowest BCUT2D eigenvalue weighted by molar-refractivity contribution is -0.141. The predicted octanol–water partition coefficient (Wildman–Crippen LogP) is 0.191. The van der Waals surface area contributed by atoms with Gasteiger partial charge in [0.05, 0.1) is 5.84 Å². The van der Waals surface area contributed by atoms with E-state index in [-0.39, 0.29) is 12.4 Å². The molecule has 0 aliphatic carbocycles. The maximum absolute atomic E-state index is 13.0. The van der Waals surface area contributed by atoms with Crippen LogP contribution in [0.1, 0.15) is 19.8 Å². The Balaban J connectivity index is 4.07. The SMILES string of the molecule is CC(N)=NCCC(F)(F)C[C@H](N)C(=O)O. The molecule has 0 rings (SSSR count). The quantitative estimate of drug-likeness (QED) is 0.442. The van der Waals surface area contributed by atoms with Crippen LogP contribution in [-0.2, 0) is 4.79 Å². The Hall–Kier alpha value is -1.24. The van der Waals surface area contributed by atoms with E-state index in [2.05, 4.69) is 4.99 Å². The maximum atomic E-state index is 13.0. The summed E-state index contributed by atoms with van der Waals surface area (Å²) in [5.74, 6) is -4.35. The van der Waals surface area contributed by atoms with Gasteiger partial charge in [-0.25, -0.2) is 8.78 Å². The fourth-order valence-electron chi connectivity index (χ4n) is 0.907. The van der Waals surface area contributed by atoms with E-state index >= 15 is 0 Å². The lowest BCUT2D eigenvalue weighted by Crippen LogP contribution is -2.37. The Morgan fingerprint density at radius 2 is 2.13 bits per heavy atom. The second kappa shape index (κ2) is 5.59. The van der Waals surface area contributed by atoms with Gasteiger partial charge in [-0.1, -0.05) is 0 Å². The van der Waals surface area contributed by atoms with Crippen molar-refractivity contribution in [1.82, 2.24) is 0 Å². The molecule has 0 aromatic rings. The van der Waals surface area contributed by atoms with Crippen molar-refractivity contribution in [3.05, 3.63) is 0 Å². The van der Waals surface area contributed by atoms with Crippen LogP contribution in [0.2, 0.25) is 0 Å². The molecule has 0 aromatic heterocycles. The number of hydrogen-bond acceptors (Lipinski definition) is 3. The smallest absolute Gasteiger partial charge is 0.320 e. The van der Waals surface area contributed by atoms with Gasteiger partial charge in [0.15, 0.2) is 0 Å². The summed E-state index contributed by atoms with van der Waals surface area (Å²) in [4.78, 5) is 13.8. The van der Waals surface area contributed by atoms with Crippen LogP contribution in [0.25, 0.3) is 0 Å². The molecule has 0 radical (unpaired) electrons. The summed E-state index contributed by atoms with van der Waals surface area (Å²) >= 11 is 0. The summed E-state index contributed by atoms with van der Waals surface area (Å²) in [6.07, 6.45) is -1.44. The molecule has 0 amide bonds. The molecular formula is C8H15F2N3O2. The highest BCUT2D eigenvalue weighted by Crippen LogP contribution is 2.24. The predicted molar refractivity (Wildman–Crippen MR) is 52.0 cm³/mol. The third-order valence-electron chi connectivity index (χ3n) is 1.67. The van der Waals surface area contributed by atoms with Crippen LogP contribution in [0.15, 0.2) is 4.99 Å². The van der Waals surface area contributed by atoms with Crippen molar-refractivity contribution in [1.29, 1.82) is 0 Å². The number of carbonyl (C=O) groups is 1. The number of aliphatic imine (C=N–C) groups is 1. The standard InChI is InChI=1S/C8H15F2N3O2/c1-5(11)13-3-2-8(9,10)4-6(12)7(14)15/h6H,2-4,12H2,1H3,(H2,11,13)(H,14,15)/t6-/m0/s1. The number of hydrogen-bond donors (Lipinski definition) is 3. The highest BCUT2D eigenvalue weighted by atomic mass is 19.3. The van der Waals surface area contributed by atoms with Crippen LogP contribution in [0.4, 0.5) is 8.78 Å². The summed E-state index contributed by atoms with van der Waals surface area (Å²) in [5.41, 5.74) is 10.2. The van der Waals surface area contributed by atoms with Crippen LogP contribution in [-0.4, -0.2) is 35.4 Å². The summed E-state index contributed by atoms with van der Waals surface area (Å²) in [5, 5.41) is 8.35. The number of halogens is 2. The number of amidine groups is 1. The second-order valence-electron chi connectivity index (χ2n) is 3.28. The zero-order chi connectivity index (χ0) is 12.1. The van der Waals surface area contributed by atoms with E-state index in [1.54, 1.807) is 0 Å². The Labute approximate surface area is 86.2 Å². The third-order valence-corrected chi connectivity index (χ3v) is 1.67. The van der Waals surface area contributed by atoms with Crippen molar-refractivity contribution in [3.63, 3.8) is 0 Å². The van der Waals surface area contributed by atoms with Crippen molar-refractivity contribution in [2.24, 2.45) is 16.5 Å². The number of carboxylic acid groups (broad SMARTS) is 1. The summed E-state index contributed by atoms with van der Waals surface area (Å²) in [7, 11) is 0.